The predicted molar refractivity (Wildman–Crippen MR) is 73.5 cm³/mol. The predicted octanol–water partition coefficient (Wildman–Crippen LogP) is 1.83. The first-order chi connectivity index (χ1) is 9.61. The van der Waals surface area contributed by atoms with Crippen LogP contribution < -0.4 is 0 Å². The van der Waals surface area contributed by atoms with E-state index in [4.69, 9.17) is 5.11 Å². The second-order valence-corrected chi connectivity index (χ2v) is 5.21. The van der Waals surface area contributed by atoms with Crippen LogP contribution in [0.5, 0.6) is 0 Å². The first kappa shape index (κ1) is 14.6. The van der Waals surface area contributed by atoms with Crippen LogP contribution in [-0.2, 0) is 11.2 Å². The molecule has 6 nitrogen and oxygen atoms in total. The molecule has 1 aromatic heterocycles. The van der Waals surface area contributed by atoms with Gasteiger partial charge in [-0.3, -0.25) is 14.7 Å². The first-order valence-electron chi connectivity index (χ1n) is 7.19. The molecule has 0 aliphatic carbocycles. The van der Waals surface area contributed by atoms with Crippen LogP contribution in [0.25, 0.3) is 0 Å². The van der Waals surface area contributed by atoms with Crippen LogP contribution in [0.2, 0.25) is 0 Å². The van der Waals surface area contributed by atoms with Crippen molar-refractivity contribution in [2.75, 3.05) is 6.54 Å². The average molecular weight is 279 g/mol. The number of aryl methyl sites for hydroxylation is 1. The standard InChI is InChI=1S/C14H21N3O3/c1-2-10-9-12(16-15-10)14(20)17-8-4-3-5-11(17)6-7-13(18)19/h9,11H,2-8H2,1H3,(H,15,16)(H,18,19). The quantitative estimate of drug-likeness (QED) is 0.861. The van der Waals surface area contributed by atoms with Gasteiger partial charge in [0.25, 0.3) is 5.91 Å². The molecule has 1 aliphatic heterocycles. The highest BCUT2D eigenvalue weighted by atomic mass is 16.4. The number of aromatic amines is 1. The van der Waals surface area contributed by atoms with Crippen LogP contribution in [0, 0.1) is 0 Å². The molecular weight excluding hydrogens is 258 g/mol. The maximum absolute atomic E-state index is 12.5. The number of nitrogens with one attached hydrogen (secondary N) is 1. The van der Waals surface area contributed by atoms with Gasteiger partial charge in [0.1, 0.15) is 5.69 Å². The SMILES string of the molecule is CCc1cc(C(=O)N2CCCCC2CCC(=O)O)n[nH]1. The fourth-order valence-corrected chi connectivity index (χ4v) is 2.66. The number of likely N-dealkylation sites (tertiary alicyclic amines) is 1. The lowest BCUT2D eigenvalue weighted by Crippen LogP contribution is -2.44. The molecule has 6 heteroatoms. The Morgan fingerprint density at radius 2 is 2.30 bits per heavy atom. The fourth-order valence-electron chi connectivity index (χ4n) is 2.66. The summed E-state index contributed by atoms with van der Waals surface area (Å²) in [7, 11) is 0. The van der Waals surface area contributed by atoms with Gasteiger partial charge in [0.05, 0.1) is 0 Å². The summed E-state index contributed by atoms with van der Waals surface area (Å²) in [6.07, 6.45) is 4.34. The third kappa shape index (κ3) is 3.37. The van der Waals surface area contributed by atoms with Crippen molar-refractivity contribution in [2.45, 2.75) is 51.5 Å². The van der Waals surface area contributed by atoms with Crippen LogP contribution >= 0.6 is 0 Å². The molecule has 0 spiro atoms. The molecule has 1 unspecified atom stereocenters. The molecule has 0 bridgehead atoms. The van der Waals surface area contributed by atoms with Gasteiger partial charge < -0.3 is 10.0 Å². The smallest absolute Gasteiger partial charge is 0.303 e. The summed E-state index contributed by atoms with van der Waals surface area (Å²) in [4.78, 5) is 25.0. The van der Waals surface area contributed by atoms with Gasteiger partial charge in [-0.25, -0.2) is 0 Å². The topological polar surface area (TPSA) is 86.3 Å². The first-order valence-corrected chi connectivity index (χ1v) is 7.19. The number of carbonyl (C=O) groups excluding carboxylic acids is 1. The maximum atomic E-state index is 12.5. The maximum Gasteiger partial charge on any atom is 0.303 e. The summed E-state index contributed by atoms with van der Waals surface area (Å²) in [5.74, 6) is -0.896. The summed E-state index contributed by atoms with van der Waals surface area (Å²) in [5.41, 5.74) is 1.37. The Bertz CT molecular complexity index is 484. The lowest BCUT2D eigenvalue weighted by Gasteiger charge is -2.35. The minimum atomic E-state index is -0.809. The van der Waals surface area contributed by atoms with E-state index in [0.29, 0.717) is 18.7 Å². The molecule has 2 heterocycles. The largest absolute Gasteiger partial charge is 0.481 e. The Morgan fingerprint density at radius 1 is 1.50 bits per heavy atom. The Labute approximate surface area is 118 Å². The fraction of sp³-hybridized carbons (Fsp3) is 0.643. The van der Waals surface area contributed by atoms with E-state index in [1.807, 2.05) is 6.92 Å². The van der Waals surface area contributed by atoms with Crippen LogP contribution in [0.15, 0.2) is 6.07 Å². The number of nitrogens with zero attached hydrogens (tertiary/aromatic N) is 2. The van der Waals surface area contributed by atoms with Crippen LogP contribution in [0.4, 0.5) is 0 Å². The molecule has 0 aromatic carbocycles. The zero-order chi connectivity index (χ0) is 14.5. The normalized spacial score (nSPS) is 19.1. The molecule has 20 heavy (non-hydrogen) atoms. The second-order valence-electron chi connectivity index (χ2n) is 5.21. The molecule has 1 fully saturated rings. The van der Waals surface area contributed by atoms with Crippen molar-refractivity contribution in [3.8, 4) is 0 Å². The van der Waals surface area contributed by atoms with Crippen LogP contribution in [-0.4, -0.2) is 44.7 Å². The number of piperidine rings is 1. The van der Waals surface area contributed by atoms with Crippen molar-refractivity contribution >= 4 is 11.9 Å². The minimum absolute atomic E-state index is 0.0223. The molecule has 110 valence electrons. The number of hydrogen-bond donors (Lipinski definition) is 2. The molecule has 0 radical (unpaired) electrons. The van der Waals surface area contributed by atoms with Gasteiger partial charge in [-0.05, 0) is 38.2 Å². The third-order valence-electron chi connectivity index (χ3n) is 3.81. The average Bonchev–Trinajstić information content (AvgIpc) is 2.93. The number of carboxylic acid groups (broad SMARTS) is 1. The van der Waals surface area contributed by atoms with E-state index in [9.17, 15) is 9.59 Å². The molecule has 1 aromatic rings. The molecule has 1 amide bonds. The molecule has 2 rings (SSSR count). The zero-order valence-corrected chi connectivity index (χ0v) is 11.8. The molecular formula is C14H21N3O3. The Kier molecular flexibility index (Phi) is 4.76. The van der Waals surface area contributed by atoms with Gasteiger partial charge in [0.2, 0.25) is 0 Å². The Balaban J connectivity index is 2.06. The summed E-state index contributed by atoms with van der Waals surface area (Å²) < 4.78 is 0. The summed E-state index contributed by atoms with van der Waals surface area (Å²) in [5, 5.41) is 15.7. The van der Waals surface area contributed by atoms with Crippen molar-refractivity contribution in [3.05, 3.63) is 17.5 Å². The Hall–Kier alpha value is -1.85. The highest BCUT2D eigenvalue weighted by Crippen LogP contribution is 2.22. The van der Waals surface area contributed by atoms with Gasteiger partial charge in [-0.15, -0.1) is 0 Å². The van der Waals surface area contributed by atoms with E-state index in [2.05, 4.69) is 10.2 Å². The summed E-state index contributed by atoms with van der Waals surface area (Å²) in [6.45, 7) is 2.69. The van der Waals surface area contributed by atoms with Crippen molar-refractivity contribution in [3.63, 3.8) is 0 Å². The van der Waals surface area contributed by atoms with Crippen molar-refractivity contribution in [2.24, 2.45) is 0 Å². The third-order valence-corrected chi connectivity index (χ3v) is 3.81. The zero-order valence-electron chi connectivity index (χ0n) is 11.8. The van der Waals surface area contributed by atoms with Crippen molar-refractivity contribution in [1.82, 2.24) is 15.1 Å². The van der Waals surface area contributed by atoms with Crippen LogP contribution in [0.1, 0.15) is 55.2 Å². The summed E-state index contributed by atoms with van der Waals surface area (Å²) >= 11 is 0. The lowest BCUT2D eigenvalue weighted by atomic mass is 9.97. The van der Waals surface area contributed by atoms with E-state index in [0.717, 1.165) is 31.4 Å². The number of carboxylic acids is 1. The molecule has 1 saturated heterocycles. The number of amides is 1. The van der Waals surface area contributed by atoms with E-state index in [1.165, 1.54) is 0 Å². The highest BCUT2D eigenvalue weighted by Gasteiger charge is 2.28. The van der Waals surface area contributed by atoms with Gasteiger partial charge in [0.15, 0.2) is 0 Å². The van der Waals surface area contributed by atoms with Crippen LogP contribution in [0.3, 0.4) is 0 Å². The second kappa shape index (κ2) is 6.54. The van der Waals surface area contributed by atoms with Gasteiger partial charge in [-0.1, -0.05) is 6.92 Å². The number of aromatic nitrogens is 2. The van der Waals surface area contributed by atoms with E-state index >= 15 is 0 Å². The number of rotatable bonds is 5. The number of aliphatic carboxylic acids is 1. The Morgan fingerprint density at radius 3 is 2.95 bits per heavy atom. The van der Waals surface area contributed by atoms with Gasteiger partial charge in [-0.2, -0.15) is 5.10 Å². The van der Waals surface area contributed by atoms with Crippen molar-refractivity contribution in [1.29, 1.82) is 0 Å². The molecule has 1 atom stereocenters. The lowest BCUT2D eigenvalue weighted by molar-refractivity contribution is -0.137. The molecule has 2 N–H and O–H groups in total. The number of carbonyl (C=O) groups is 2. The molecule has 1 aliphatic rings. The highest BCUT2D eigenvalue weighted by molar-refractivity contribution is 5.92. The van der Waals surface area contributed by atoms with E-state index in [1.54, 1.807) is 11.0 Å². The number of H-pyrrole nitrogens is 1. The minimum Gasteiger partial charge on any atom is -0.481 e. The van der Waals surface area contributed by atoms with Gasteiger partial charge >= 0.3 is 5.97 Å². The number of hydrogen-bond acceptors (Lipinski definition) is 3. The van der Waals surface area contributed by atoms with Gasteiger partial charge in [0, 0.05) is 24.7 Å². The van der Waals surface area contributed by atoms with Crippen molar-refractivity contribution < 1.29 is 14.7 Å². The monoisotopic (exact) mass is 279 g/mol. The molecule has 0 saturated carbocycles. The van der Waals surface area contributed by atoms with E-state index < -0.39 is 5.97 Å². The van der Waals surface area contributed by atoms with E-state index in [-0.39, 0.29) is 18.4 Å². The summed E-state index contributed by atoms with van der Waals surface area (Å²) in [6, 6.07) is 1.81.